The average molecular weight is 375 g/mol. The van der Waals surface area contributed by atoms with Crippen molar-refractivity contribution in [3.8, 4) is 0 Å². The Balaban J connectivity index is 1.98. The minimum Gasteiger partial charge on any atom is -0.337 e. The third-order valence-corrected chi connectivity index (χ3v) is 4.96. The van der Waals surface area contributed by atoms with Crippen molar-refractivity contribution < 1.29 is 13.2 Å². The molecule has 2 aromatic rings. The SMILES string of the molecule is Cc1ccc(CN(C)C(=O)c2ccc(CCNS(C)(=O)=O)cc2)c(C)c1. The van der Waals surface area contributed by atoms with E-state index < -0.39 is 10.0 Å². The lowest BCUT2D eigenvalue weighted by molar-refractivity contribution is 0.0785. The van der Waals surface area contributed by atoms with E-state index in [2.05, 4.69) is 36.8 Å². The highest BCUT2D eigenvalue weighted by Crippen LogP contribution is 2.14. The molecule has 2 aromatic carbocycles. The van der Waals surface area contributed by atoms with E-state index in [1.54, 1.807) is 24.1 Å². The third kappa shape index (κ3) is 5.97. The molecule has 0 saturated carbocycles. The van der Waals surface area contributed by atoms with Crippen LogP contribution in [0.1, 0.15) is 32.6 Å². The predicted molar refractivity (Wildman–Crippen MR) is 105 cm³/mol. The molecule has 2 rings (SSSR count). The smallest absolute Gasteiger partial charge is 0.253 e. The Morgan fingerprint density at radius 1 is 1.08 bits per heavy atom. The molecule has 0 aliphatic heterocycles. The summed E-state index contributed by atoms with van der Waals surface area (Å²) < 4.78 is 24.6. The van der Waals surface area contributed by atoms with Crippen LogP contribution in [0.15, 0.2) is 42.5 Å². The zero-order chi connectivity index (χ0) is 19.3. The number of sulfonamides is 1. The number of carbonyl (C=O) groups is 1. The highest BCUT2D eigenvalue weighted by Gasteiger charge is 2.13. The normalized spacial score (nSPS) is 11.4. The fourth-order valence-corrected chi connectivity index (χ4v) is 3.24. The van der Waals surface area contributed by atoms with Gasteiger partial charge in [-0.2, -0.15) is 0 Å². The van der Waals surface area contributed by atoms with Crippen LogP contribution in [-0.2, 0) is 23.0 Å². The summed E-state index contributed by atoms with van der Waals surface area (Å²) in [6, 6.07) is 13.5. The molecule has 6 heteroatoms. The predicted octanol–water partition coefficient (Wildman–Crippen LogP) is 2.67. The zero-order valence-electron chi connectivity index (χ0n) is 15.7. The number of hydrogen-bond donors (Lipinski definition) is 1. The number of nitrogens with one attached hydrogen (secondary N) is 1. The van der Waals surface area contributed by atoms with Gasteiger partial charge in [-0.3, -0.25) is 4.79 Å². The molecule has 0 aliphatic carbocycles. The lowest BCUT2D eigenvalue weighted by Gasteiger charge is -2.19. The number of amides is 1. The minimum absolute atomic E-state index is 0.0363. The molecule has 0 aliphatic rings. The second-order valence-corrected chi connectivity index (χ2v) is 8.54. The number of carbonyl (C=O) groups excluding carboxylic acids is 1. The van der Waals surface area contributed by atoms with Gasteiger partial charge in [0.2, 0.25) is 10.0 Å². The number of hydrogen-bond acceptors (Lipinski definition) is 3. The molecule has 0 fully saturated rings. The molecule has 1 amide bonds. The first-order valence-electron chi connectivity index (χ1n) is 8.51. The number of nitrogens with zero attached hydrogens (tertiary/aromatic N) is 1. The van der Waals surface area contributed by atoms with Gasteiger partial charge in [0.1, 0.15) is 0 Å². The van der Waals surface area contributed by atoms with Gasteiger partial charge in [-0.05, 0) is 49.1 Å². The van der Waals surface area contributed by atoms with Crippen LogP contribution in [0.5, 0.6) is 0 Å². The van der Waals surface area contributed by atoms with Crippen LogP contribution >= 0.6 is 0 Å². The van der Waals surface area contributed by atoms with E-state index in [0.717, 1.165) is 17.4 Å². The van der Waals surface area contributed by atoms with Crippen molar-refractivity contribution in [1.29, 1.82) is 0 Å². The first-order chi connectivity index (χ1) is 12.2. The standard InChI is InChI=1S/C20H26N2O3S/c1-15-5-8-19(16(2)13-15)14-22(3)20(23)18-9-6-17(7-10-18)11-12-21-26(4,24)25/h5-10,13,21H,11-12,14H2,1-4H3. The quantitative estimate of drug-likeness (QED) is 0.810. The molecule has 0 spiro atoms. The first kappa shape index (κ1) is 20.1. The van der Waals surface area contributed by atoms with Crippen LogP contribution in [-0.4, -0.2) is 39.1 Å². The Kier molecular flexibility index (Phi) is 6.56. The third-order valence-electron chi connectivity index (χ3n) is 4.23. The lowest BCUT2D eigenvalue weighted by atomic mass is 10.0. The van der Waals surface area contributed by atoms with E-state index in [1.807, 2.05) is 12.1 Å². The maximum absolute atomic E-state index is 12.6. The van der Waals surface area contributed by atoms with Crippen LogP contribution in [0.4, 0.5) is 0 Å². The second-order valence-electron chi connectivity index (χ2n) is 6.70. The summed E-state index contributed by atoms with van der Waals surface area (Å²) in [5, 5.41) is 0. The monoisotopic (exact) mass is 374 g/mol. The van der Waals surface area contributed by atoms with Gasteiger partial charge >= 0.3 is 0 Å². The highest BCUT2D eigenvalue weighted by molar-refractivity contribution is 7.88. The number of rotatable bonds is 7. The molecule has 0 radical (unpaired) electrons. The van der Waals surface area contributed by atoms with Crippen molar-refractivity contribution in [1.82, 2.24) is 9.62 Å². The van der Waals surface area contributed by atoms with E-state index in [4.69, 9.17) is 0 Å². The lowest BCUT2D eigenvalue weighted by Crippen LogP contribution is -2.26. The second kappa shape index (κ2) is 8.47. The van der Waals surface area contributed by atoms with Gasteiger partial charge < -0.3 is 4.90 Å². The Hall–Kier alpha value is -2.18. The van der Waals surface area contributed by atoms with Crippen molar-refractivity contribution in [2.45, 2.75) is 26.8 Å². The molecule has 140 valence electrons. The van der Waals surface area contributed by atoms with Crippen LogP contribution in [0.2, 0.25) is 0 Å². The van der Waals surface area contributed by atoms with Gasteiger partial charge in [0.25, 0.3) is 5.91 Å². The average Bonchev–Trinajstić information content (AvgIpc) is 2.56. The molecule has 0 unspecified atom stereocenters. The van der Waals surface area contributed by atoms with Gasteiger partial charge in [0, 0.05) is 25.7 Å². The van der Waals surface area contributed by atoms with Crippen LogP contribution < -0.4 is 4.72 Å². The van der Waals surface area contributed by atoms with Gasteiger partial charge in [0.15, 0.2) is 0 Å². The number of benzene rings is 2. The summed E-state index contributed by atoms with van der Waals surface area (Å²) in [7, 11) is -1.38. The van der Waals surface area contributed by atoms with Crippen molar-refractivity contribution in [3.63, 3.8) is 0 Å². The van der Waals surface area contributed by atoms with Crippen LogP contribution in [0.25, 0.3) is 0 Å². The molecule has 1 N–H and O–H groups in total. The fraction of sp³-hybridized carbons (Fsp3) is 0.350. The molecule has 0 bridgehead atoms. The summed E-state index contributed by atoms with van der Waals surface area (Å²) in [6.45, 7) is 5.02. The molecular formula is C20H26N2O3S. The van der Waals surface area contributed by atoms with E-state index in [0.29, 0.717) is 25.1 Å². The van der Waals surface area contributed by atoms with Crippen molar-refractivity contribution in [3.05, 3.63) is 70.3 Å². The van der Waals surface area contributed by atoms with Crippen LogP contribution in [0, 0.1) is 13.8 Å². The maximum Gasteiger partial charge on any atom is 0.253 e. The topological polar surface area (TPSA) is 66.5 Å². The summed E-state index contributed by atoms with van der Waals surface area (Å²) in [5.41, 5.74) is 5.13. The van der Waals surface area contributed by atoms with E-state index in [-0.39, 0.29) is 5.91 Å². The van der Waals surface area contributed by atoms with Gasteiger partial charge in [-0.25, -0.2) is 13.1 Å². The zero-order valence-corrected chi connectivity index (χ0v) is 16.6. The van der Waals surface area contributed by atoms with Gasteiger partial charge in [0.05, 0.1) is 6.26 Å². The Bertz CT molecular complexity index is 874. The molecule has 0 heterocycles. The van der Waals surface area contributed by atoms with Crippen molar-refractivity contribution in [2.24, 2.45) is 0 Å². The fourth-order valence-electron chi connectivity index (χ4n) is 2.77. The summed E-state index contributed by atoms with van der Waals surface area (Å²) in [6.07, 6.45) is 1.72. The first-order valence-corrected chi connectivity index (χ1v) is 10.4. The molecule has 0 atom stereocenters. The Morgan fingerprint density at radius 3 is 2.31 bits per heavy atom. The maximum atomic E-state index is 12.6. The molecule has 5 nitrogen and oxygen atoms in total. The Morgan fingerprint density at radius 2 is 1.73 bits per heavy atom. The van der Waals surface area contributed by atoms with Gasteiger partial charge in [-0.1, -0.05) is 35.9 Å². The summed E-state index contributed by atoms with van der Waals surface area (Å²) in [5.74, 6) is -0.0363. The minimum atomic E-state index is -3.17. The van der Waals surface area contributed by atoms with E-state index in [1.165, 1.54) is 11.1 Å². The highest BCUT2D eigenvalue weighted by atomic mass is 32.2. The molecule has 26 heavy (non-hydrogen) atoms. The van der Waals surface area contributed by atoms with E-state index in [9.17, 15) is 13.2 Å². The molecular weight excluding hydrogens is 348 g/mol. The summed E-state index contributed by atoms with van der Waals surface area (Å²) >= 11 is 0. The van der Waals surface area contributed by atoms with Gasteiger partial charge in [-0.15, -0.1) is 0 Å². The molecule has 0 aromatic heterocycles. The summed E-state index contributed by atoms with van der Waals surface area (Å²) in [4.78, 5) is 14.3. The Labute approximate surface area is 156 Å². The number of aryl methyl sites for hydroxylation is 2. The molecule has 0 saturated heterocycles. The van der Waals surface area contributed by atoms with Crippen LogP contribution in [0.3, 0.4) is 0 Å². The van der Waals surface area contributed by atoms with E-state index >= 15 is 0 Å². The van der Waals surface area contributed by atoms with Crippen molar-refractivity contribution in [2.75, 3.05) is 19.8 Å². The van der Waals surface area contributed by atoms with Crippen molar-refractivity contribution >= 4 is 15.9 Å². The largest absolute Gasteiger partial charge is 0.337 e.